The number of hydrogen-bond acceptors (Lipinski definition) is 2. The molecule has 1 aliphatic heterocycles. The topological polar surface area (TPSA) is 15.3 Å². The van der Waals surface area contributed by atoms with Crippen LogP contribution >= 0.6 is 0 Å². The van der Waals surface area contributed by atoms with Crippen LogP contribution in [-0.2, 0) is 6.54 Å². The van der Waals surface area contributed by atoms with Gasteiger partial charge < -0.3 is 5.32 Å². The van der Waals surface area contributed by atoms with E-state index >= 15 is 0 Å². The van der Waals surface area contributed by atoms with Crippen molar-refractivity contribution in [1.29, 1.82) is 0 Å². The van der Waals surface area contributed by atoms with Gasteiger partial charge in [0.2, 0.25) is 0 Å². The third-order valence-corrected chi connectivity index (χ3v) is 3.98. The summed E-state index contributed by atoms with van der Waals surface area (Å²) >= 11 is 0. The van der Waals surface area contributed by atoms with E-state index in [-0.39, 0.29) is 5.56 Å². The van der Waals surface area contributed by atoms with Crippen LogP contribution in [0.5, 0.6) is 0 Å². The van der Waals surface area contributed by atoms with Gasteiger partial charge in [-0.05, 0) is 31.5 Å². The van der Waals surface area contributed by atoms with Gasteiger partial charge >= 0.3 is 0 Å². The predicted molar refractivity (Wildman–Crippen MR) is 78.0 cm³/mol. The van der Waals surface area contributed by atoms with Crippen molar-refractivity contribution in [2.75, 3.05) is 19.6 Å². The van der Waals surface area contributed by atoms with Crippen molar-refractivity contribution >= 4 is 0 Å². The molecule has 1 aromatic carbocycles. The average molecular weight is 282 g/mol. The zero-order valence-electron chi connectivity index (χ0n) is 12.1. The van der Waals surface area contributed by atoms with Crippen molar-refractivity contribution in [1.82, 2.24) is 10.2 Å². The van der Waals surface area contributed by atoms with Crippen LogP contribution in [-0.4, -0.2) is 30.6 Å². The molecule has 0 aromatic heterocycles. The van der Waals surface area contributed by atoms with Crippen molar-refractivity contribution in [2.45, 2.75) is 45.2 Å². The molecular formula is C16H24F2N2. The molecule has 0 radical (unpaired) electrons. The number of nitrogens with one attached hydrogen (secondary N) is 1. The molecule has 0 aliphatic carbocycles. The number of piperidine rings is 1. The second-order valence-electron chi connectivity index (χ2n) is 5.52. The van der Waals surface area contributed by atoms with Gasteiger partial charge in [-0.15, -0.1) is 0 Å². The van der Waals surface area contributed by atoms with E-state index < -0.39 is 6.43 Å². The van der Waals surface area contributed by atoms with Gasteiger partial charge in [-0.2, -0.15) is 0 Å². The predicted octanol–water partition coefficient (Wildman–Crippen LogP) is 3.59. The fourth-order valence-corrected chi connectivity index (χ4v) is 2.72. The molecule has 0 spiro atoms. The number of halogens is 2. The van der Waals surface area contributed by atoms with E-state index in [1.807, 2.05) is 12.1 Å². The summed E-state index contributed by atoms with van der Waals surface area (Å²) < 4.78 is 25.0. The fourth-order valence-electron chi connectivity index (χ4n) is 2.72. The standard InChI is InChI=1S/C16H24F2N2/c1-2-20(12-15-5-3-4-10-19-15)11-13-6-8-14(9-7-13)16(17)18/h6-9,15-16,19H,2-5,10-12H2,1H3. The maximum atomic E-state index is 12.5. The molecule has 1 saturated heterocycles. The molecule has 1 aliphatic rings. The highest BCUT2D eigenvalue weighted by atomic mass is 19.3. The summed E-state index contributed by atoms with van der Waals surface area (Å²) in [4.78, 5) is 2.38. The molecule has 112 valence electrons. The van der Waals surface area contributed by atoms with E-state index in [0.717, 1.165) is 31.7 Å². The molecule has 0 bridgehead atoms. The van der Waals surface area contributed by atoms with Crippen molar-refractivity contribution < 1.29 is 8.78 Å². The van der Waals surface area contributed by atoms with Crippen LogP contribution in [0.2, 0.25) is 0 Å². The lowest BCUT2D eigenvalue weighted by Crippen LogP contribution is -2.43. The smallest absolute Gasteiger partial charge is 0.263 e. The maximum Gasteiger partial charge on any atom is 0.263 e. The summed E-state index contributed by atoms with van der Waals surface area (Å²) in [7, 11) is 0. The van der Waals surface area contributed by atoms with Crippen LogP contribution in [0.25, 0.3) is 0 Å². The number of likely N-dealkylation sites (N-methyl/N-ethyl adjacent to an activating group) is 1. The van der Waals surface area contributed by atoms with E-state index in [0.29, 0.717) is 6.04 Å². The molecule has 1 aromatic rings. The number of hydrogen-bond donors (Lipinski definition) is 1. The van der Waals surface area contributed by atoms with Gasteiger partial charge in [0.1, 0.15) is 0 Å². The Morgan fingerprint density at radius 3 is 2.55 bits per heavy atom. The normalized spacial score (nSPS) is 19.8. The Labute approximate surface area is 120 Å². The summed E-state index contributed by atoms with van der Waals surface area (Å²) in [5.41, 5.74) is 1.21. The monoisotopic (exact) mass is 282 g/mol. The highest BCUT2D eigenvalue weighted by Crippen LogP contribution is 2.19. The van der Waals surface area contributed by atoms with Crippen LogP contribution in [0.4, 0.5) is 8.78 Å². The molecular weight excluding hydrogens is 258 g/mol. The van der Waals surface area contributed by atoms with Gasteiger partial charge in [-0.25, -0.2) is 8.78 Å². The lowest BCUT2D eigenvalue weighted by atomic mass is 10.0. The molecule has 1 fully saturated rings. The summed E-state index contributed by atoms with van der Waals surface area (Å²) in [6.07, 6.45) is 1.44. The number of alkyl halides is 2. The lowest BCUT2D eigenvalue weighted by molar-refractivity contribution is 0.151. The number of rotatable bonds is 6. The highest BCUT2D eigenvalue weighted by molar-refractivity contribution is 5.23. The molecule has 0 amide bonds. The fraction of sp³-hybridized carbons (Fsp3) is 0.625. The second-order valence-corrected chi connectivity index (χ2v) is 5.52. The van der Waals surface area contributed by atoms with Gasteiger partial charge in [0, 0.05) is 24.7 Å². The minimum Gasteiger partial charge on any atom is -0.313 e. The largest absolute Gasteiger partial charge is 0.313 e. The first kappa shape index (κ1) is 15.4. The third-order valence-electron chi connectivity index (χ3n) is 3.98. The first-order chi connectivity index (χ1) is 9.69. The summed E-state index contributed by atoms with van der Waals surface area (Å²) in [6, 6.07) is 7.28. The lowest BCUT2D eigenvalue weighted by Gasteiger charge is -2.30. The molecule has 20 heavy (non-hydrogen) atoms. The maximum absolute atomic E-state index is 12.5. The SMILES string of the molecule is CCN(Cc1ccc(C(F)F)cc1)CC1CCCCN1. The van der Waals surface area contributed by atoms with E-state index in [1.165, 1.54) is 31.4 Å². The molecule has 1 N–H and O–H groups in total. The van der Waals surface area contributed by atoms with Crippen LogP contribution in [0.3, 0.4) is 0 Å². The highest BCUT2D eigenvalue weighted by Gasteiger charge is 2.16. The first-order valence-corrected chi connectivity index (χ1v) is 7.51. The molecule has 2 nitrogen and oxygen atoms in total. The average Bonchev–Trinajstić information content (AvgIpc) is 2.48. The van der Waals surface area contributed by atoms with Gasteiger partial charge in [-0.1, -0.05) is 37.6 Å². The first-order valence-electron chi connectivity index (χ1n) is 7.51. The quantitative estimate of drug-likeness (QED) is 0.858. The van der Waals surface area contributed by atoms with Crippen molar-refractivity contribution in [2.24, 2.45) is 0 Å². The Bertz CT molecular complexity index is 386. The molecule has 1 atom stereocenters. The molecule has 1 heterocycles. The zero-order valence-corrected chi connectivity index (χ0v) is 12.1. The third kappa shape index (κ3) is 4.53. The van der Waals surface area contributed by atoms with Gasteiger partial charge in [0.15, 0.2) is 0 Å². The molecule has 1 unspecified atom stereocenters. The van der Waals surface area contributed by atoms with E-state index in [4.69, 9.17) is 0 Å². The number of nitrogens with zero attached hydrogens (tertiary/aromatic N) is 1. The van der Waals surface area contributed by atoms with Crippen LogP contribution < -0.4 is 5.32 Å². The summed E-state index contributed by atoms with van der Waals surface area (Å²) in [5, 5.41) is 3.55. The van der Waals surface area contributed by atoms with Gasteiger partial charge in [-0.3, -0.25) is 4.90 Å². The Balaban J connectivity index is 1.88. The Morgan fingerprint density at radius 2 is 2.00 bits per heavy atom. The van der Waals surface area contributed by atoms with Crippen LogP contribution in [0.1, 0.15) is 43.7 Å². The van der Waals surface area contributed by atoms with Crippen molar-refractivity contribution in [3.63, 3.8) is 0 Å². The van der Waals surface area contributed by atoms with Crippen LogP contribution in [0.15, 0.2) is 24.3 Å². The van der Waals surface area contributed by atoms with Gasteiger partial charge in [0.25, 0.3) is 6.43 Å². The Kier molecular flexibility index (Phi) is 5.92. The Hall–Kier alpha value is -1.00. The van der Waals surface area contributed by atoms with Crippen LogP contribution in [0, 0.1) is 0 Å². The second kappa shape index (κ2) is 7.70. The van der Waals surface area contributed by atoms with Crippen molar-refractivity contribution in [3.8, 4) is 0 Å². The van der Waals surface area contributed by atoms with E-state index in [9.17, 15) is 8.78 Å². The zero-order chi connectivity index (χ0) is 14.4. The van der Waals surface area contributed by atoms with Crippen molar-refractivity contribution in [3.05, 3.63) is 35.4 Å². The minimum absolute atomic E-state index is 0.103. The summed E-state index contributed by atoms with van der Waals surface area (Å²) in [5.74, 6) is 0. The van der Waals surface area contributed by atoms with E-state index in [2.05, 4.69) is 17.1 Å². The molecule has 0 saturated carbocycles. The number of benzene rings is 1. The van der Waals surface area contributed by atoms with E-state index in [1.54, 1.807) is 0 Å². The Morgan fingerprint density at radius 1 is 1.25 bits per heavy atom. The summed E-state index contributed by atoms with van der Waals surface area (Å²) in [6.45, 7) is 6.11. The minimum atomic E-state index is -2.38. The van der Waals surface area contributed by atoms with Gasteiger partial charge in [0.05, 0.1) is 0 Å². The molecule has 2 rings (SSSR count). The molecule has 4 heteroatoms.